The van der Waals surface area contributed by atoms with Crippen LogP contribution in [0.3, 0.4) is 0 Å². The maximum absolute atomic E-state index is 12.4. The van der Waals surface area contributed by atoms with Crippen molar-refractivity contribution in [2.75, 3.05) is 0 Å². The van der Waals surface area contributed by atoms with Gasteiger partial charge in [0.25, 0.3) is 0 Å². The number of alkyl halides is 3. The van der Waals surface area contributed by atoms with E-state index < -0.39 is 22.9 Å². The Bertz CT molecular complexity index is 621. The summed E-state index contributed by atoms with van der Waals surface area (Å²) in [7, 11) is 0. The second-order valence-electron chi connectivity index (χ2n) is 2.76. The molecular weight excluding hydrogens is 233 g/mol. The minimum absolute atomic E-state index is 0.00641. The number of aromatic nitrogens is 2. The van der Waals surface area contributed by atoms with Crippen LogP contribution in [-0.2, 0) is 6.18 Å². The molecule has 0 aromatic carbocycles. The molecule has 0 spiro atoms. The maximum Gasteiger partial charge on any atom is 0.419 e. The topological polar surface area (TPSA) is 65.7 Å². The minimum Gasteiger partial charge on any atom is -0.315 e. The van der Waals surface area contributed by atoms with Crippen LogP contribution >= 0.6 is 11.3 Å². The van der Waals surface area contributed by atoms with E-state index in [1.807, 2.05) is 4.98 Å². The summed E-state index contributed by atoms with van der Waals surface area (Å²) in [6.45, 7) is 0. The summed E-state index contributed by atoms with van der Waals surface area (Å²) in [5.74, 6) is 0. The Kier molecular flexibility index (Phi) is 1.97. The fraction of sp³-hybridized carbons (Fsp3) is 0.143. The van der Waals surface area contributed by atoms with Gasteiger partial charge in [0.05, 0.1) is 11.1 Å². The molecule has 15 heavy (non-hydrogen) atoms. The van der Waals surface area contributed by atoms with Crippen molar-refractivity contribution in [1.82, 2.24) is 9.97 Å². The number of fused-ring (bicyclic) bond motifs is 1. The monoisotopic (exact) mass is 236 g/mol. The molecule has 0 saturated carbocycles. The molecule has 2 N–H and O–H groups in total. The van der Waals surface area contributed by atoms with E-state index in [0.29, 0.717) is 0 Å². The van der Waals surface area contributed by atoms with Gasteiger partial charge in [0.1, 0.15) is 4.83 Å². The Hall–Kier alpha value is -1.57. The molecular formula is C7H3F3N2O2S. The molecule has 0 aliphatic carbocycles. The molecule has 0 fully saturated rings. The van der Waals surface area contributed by atoms with Crippen molar-refractivity contribution in [3.63, 3.8) is 0 Å². The maximum atomic E-state index is 12.4. The Morgan fingerprint density at radius 2 is 1.73 bits per heavy atom. The van der Waals surface area contributed by atoms with Crippen LogP contribution in [0.25, 0.3) is 10.3 Å². The molecule has 2 aromatic rings. The predicted molar refractivity (Wildman–Crippen MR) is 48.1 cm³/mol. The van der Waals surface area contributed by atoms with Gasteiger partial charge < -0.3 is 9.97 Å². The summed E-state index contributed by atoms with van der Waals surface area (Å²) in [6, 6.07) is 0. The van der Waals surface area contributed by atoms with Crippen molar-refractivity contribution in [3.8, 4) is 0 Å². The van der Waals surface area contributed by atoms with Gasteiger partial charge in [-0.05, 0) is 0 Å². The first-order chi connectivity index (χ1) is 6.89. The van der Waals surface area contributed by atoms with Gasteiger partial charge >= 0.3 is 17.3 Å². The van der Waals surface area contributed by atoms with E-state index in [4.69, 9.17) is 0 Å². The Morgan fingerprint density at radius 3 is 2.33 bits per heavy atom. The molecule has 0 bridgehead atoms. The van der Waals surface area contributed by atoms with Crippen LogP contribution in [0.15, 0.2) is 15.0 Å². The van der Waals surface area contributed by atoms with Crippen LogP contribution in [0.4, 0.5) is 13.2 Å². The Labute approximate surface area is 83.4 Å². The first-order valence-electron chi connectivity index (χ1n) is 3.70. The second-order valence-corrected chi connectivity index (χ2v) is 3.64. The standard InChI is InChI=1S/C7H3F3N2O2S/c8-7(9,10)2-1-15-6-3(2)11-4(13)5(14)12-6/h1H,(H,11,13)(H,12,14). The van der Waals surface area contributed by atoms with Crippen molar-refractivity contribution in [2.45, 2.75) is 6.18 Å². The highest BCUT2D eigenvalue weighted by Gasteiger charge is 2.34. The lowest BCUT2D eigenvalue weighted by Gasteiger charge is -2.02. The zero-order valence-corrected chi connectivity index (χ0v) is 7.75. The molecule has 0 amide bonds. The van der Waals surface area contributed by atoms with E-state index in [2.05, 4.69) is 4.98 Å². The molecule has 8 heteroatoms. The van der Waals surface area contributed by atoms with Gasteiger partial charge in [0.15, 0.2) is 0 Å². The number of hydrogen-bond acceptors (Lipinski definition) is 3. The normalized spacial score (nSPS) is 12.2. The summed E-state index contributed by atoms with van der Waals surface area (Å²) < 4.78 is 37.1. The molecule has 0 atom stereocenters. The van der Waals surface area contributed by atoms with Gasteiger partial charge in [-0.25, -0.2) is 0 Å². The summed E-state index contributed by atoms with van der Waals surface area (Å²) in [5.41, 5.74) is -3.38. The van der Waals surface area contributed by atoms with Gasteiger partial charge in [0.2, 0.25) is 0 Å². The first kappa shape index (κ1) is 9.97. The van der Waals surface area contributed by atoms with Crippen LogP contribution in [0, 0.1) is 0 Å². The molecule has 0 saturated heterocycles. The van der Waals surface area contributed by atoms with E-state index in [9.17, 15) is 22.8 Å². The van der Waals surface area contributed by atoms with Crippen LogP contribution in [0.1, 0.15) is 5.56 Å². The first-order valence-corrected chi connectivity index (χ1v) is 4.58. The van der Waals surface area contributed by atoms with E-state index in [1.54, 1.807) is 0 Å². The number of aromatic amines is 2. The second kappa shape index (κ2) is 2.96. The van der Waals surface area contributed by atoms with Crippen molar-refractivity contribution in [1.29, 1.82) is 0 Å². The molecule has 2 heterocycles. The van der Waals surface area contributed by atoms with E-state index in [1.165, 1.54) is 0 Å². The molecule has 0 aliphatic rings. The van der Waals surface area contributed by atoms with Crippen LogP contribution in [0.5, 0.6) is 0 Å². The third-order valence-corrected chi connectivity index (χ3v) is 2.66. The molecule has 2 rings (SSSR count). The minimum atomic E-state index is -4.54. The fourth-order valence-corrected chi connectivity index (χ4v) is 2.03. The number of halogens is 3. The molecule has 0 radical (unpaired) electrons. The fourth-order valence-electron chi connectivity index (χ4n) is 1.11. The van der Waals surface area contributed by atoms with Crippen LogP contribution in [0.2, 0.25) is 0 Å². The van der Waals surface area contributed by atoms with E-state index in [0.717, 1.165) is 16.7 Å². The van der Waals surface area contributed by atoms with Crippen molar-refractivity contribution in [2.24, 2.45) is 0 Å². The molecule has 4 nitrogen and oxygen atoms in total. The van der Waals surface area contributed by atoms with Crippen LogP contribution < -0.4 is 11.1 Å². The van der Waals surface area contributed by atoms with E-state index >= 15 is 0 Å². The zero-order chi connectivity index (χ0) is 11.2. The Balaban J connectivity index is 2.87. The highest BCUT2D eigenvalue weighted by atomic mass is 32.1. The smallest absolute Gasteiger partial charge is 0.315 e. The highest BCUT2D eigenvalue weighted by Crippen LogP contribution is 2.35. The lowest BCUT2D eigenvalue weighted by atomic mass is 10.3. The molecule has 80 valence electrons. The van der Waals surface area contributed by atoms with Gasteiger partial charge in [-0.15, -0.1) is 11.3 Å². The van der Waals surface area contributed by atoms with E-state index in [-0.39, 0.29) is 10.3 Å². The predicted octanol–water partition coefficient (Wildman–Crippen LogP) is 1.30. The number of thiophene rings is 1. The summed E-state index contributed by atoms with van der Waals surface area (Å²) >= 11 is 0.718. The van der Waals surface area contributed by atoms with Crippen molar-refractivity contribution in [3.05, 3.63) is 31.7 Å². The Morgan fingerprint density at radius 1 is 1.13 bits per heavy atom. The van der Waals surface area contributed by atoms with Crippen molar-refractivity contribution < 1.29 is 13.2 Å². The number of hydrogen-bond donors (Lipinski definition) is 2. The van der Waals surface area contributed by atoms with Gasteiger partial charge in [-0.2, -0.15) is 13.2 Å². The quantitative estimate of drug-likeness (QED) is 0.677. The third-order valence-electron chi connectivity index (χ3n) is 1.77. The van der Waals surface area contributed by atoms with Crippen molar-refractivity contribution >= 4 is 21.7 Å². The van der Waals surface area contributed by atoms with Gasteiger partial charge in [0, 0.05) is 5.38 Å². The lowest BCUT2D eigenvalue weighted by Crippen LogP contribution is -2.28. The third kappa shape index (κ3) is 1.56. The largest absolute Gasteiger partial charge is 0.419 e. The summed E-state index contributed by atoms with van der Waals surface area (Å²) in [5, 5.41) is 0.844. The number of rotatable bonds is 0. The summed E-state index contributed by atoms with van der Waals surface area (Å²) in [6.07, 6.45) is -4.54. The molecule has 2 aromatic heterocycles. The molecule has 0 aliphatic heterocycles. The van der Waals surface area contributed by atoms with Gasteiger partial charge in [-0.3, -0.25) is 9.59 Å². The zero-order valence-electron chi connectivity index (χ0n) is 6.94. The number of H-pyrrole nitrogens is 2. The highest BCUT2D eigenvalue weighted by molar-refractivity contribution is 7.16. The van der Waals surface area contributed by atoms with Crippen LogP contribution in [-0.4, -0.2) is 9.97 Å². The average Bonchev–Trinajstić information content (AvgIpc) is 2.47. The molecule has 0 unspecified atom stereocenters. The average molecular weight is 236 g/mol. The SMILES string of the molecule is O=c1[nH]c2scc(C(F)(F)F)c2[nH]c1=O. The summed E-state index contributed by atoms with van der Waals surface area (Å²) in [4.78, 5) is 25.6. The van der Waals surface area contributed by atoms with Gasteiger partial charge in [-0.1, -0.05) is 0 Å². The number of nitrogens with one attached hydrogen (secondary N) is 2. The lowest BCUT2D eigenvalue weighted by molar-refractivity contribution is -0.136.